The van der Waals surface area contributed by atoms with Crippen molar-refractivity contribution in [3.8, 4) is 6.07 Å². The third-order valence-electron chi connectivity index (χ3n) is 2.43. The van der Waals surface area contributed by atoms with Gasteiger partial charge in [0.1, 0.15) is 0 Å². The molecule has 0 aliphatic heterocycles. The Morgan fingerprint density at radius 2 is 1.26 bits per heavy atom. The van der Waals surface area contributed by atoms with Crippen molar-refractivity contribution in [3.63, 3.8) is 0 Å². The fraction of sp³-hybridized carbons (Fsp3) is 0.364. The van der Waals surface area contributed by atoms with Crippen molar-refractivity contribution in [2.75, 3.05) is 0 Å². The first-order valence-corrected chi connectivity index (χ1v) is 4.82. The van der Waals surface area contributed by atoms with Crippen LogP contribution in [0.1, 0.15) is 11.1 Å². The molecule has 0 unspecified atom stereocenters. The Kier molecular flexibility index (Phi) is 3.79. The molecule has 0 aliphatic rings. The van der Waals surface area contributed by atoms with E-state index in [9.17, 15) is 30.7 Å². The Labute approximate surface area is 103 Å². The minimum atomic E-state index is -6.07. The first-order chi connectivity index (χ1) is 8.51. The summed E-state index contributed by atoms with van der Waals surface area (Å²) in [6.45, 7) is 0. The minimum absolute atomic E-state index is 0.0484. The highest BCUT2D eigenvalue weighted by molar-refractivity contribution is 5.32. The zero-order valence-corrected chi connectivity index (χ0v) is 9.11. The molecule has 104 valence electrons. The molecule has 0 saturated heterocycles. The molecule has 0 atom stereocenters. The second kappa shape index (κ2) is 4.72. The largest absolute Gasteiger partial charge is 0.431 e. The predicted octanol–water partition coefficient (Wildman–Crippen LogP) is 3.93. The Balaban J connectivity index is 3.13. The minimum Gasteiger partial charge on any atom is -0.223 e. The van der Waals surface area contributed by atoms with Gasteiger partial charge < -0.3 is 0 Å². The topological polar surface area (TPSA) is 23.8 Å². The third kappa shape index (κ3) is 2.97. The van der Waals surface area contributed by atoms with Gasteiger partial charge in [0.05, 0.1) is 11.6 Å². The van der Waals surface area contributed by atoms with Gasteiger partial charge >= 0.3 is 18.0 Å². The van der Waals surface area contributed by atoms with Crippen molar-refractivity contribution < 1.29 is 30.7 Å². The molecule has 0 aliphatic carbocycles. The molecular formula is C11H6F7N. The third-order valence-corrected chi connectivity index (χ3v) is 2.43. The van der Waals surface area contributed by atoms with Crippen LogP contribution in [0.3, 0.4) is 0 Å². The zero-order chi connectivity index (χ0) is 14.9. The Morgan fingerprint density at radius 1 is 0.842 bits per heavy atom. The number of hydrogen-bond acceptors (Lipinski definition) is 1. The van der Waals surface area contributed by atoms with Gasteiger partial charge in [0.15, 0.2) is 0 Å². The molecule has 0 amide bonds. The summed E-state index contributed by atoms with van der Waals surface area (Å²) >= 11 is 0. The fourth-order valence-corrected chi connectivity index (χ4v) is 1.34. The standard InChI is InChI=1S/C11H6F7N/c12-9(10(13,14)15,11(16,17)18)5-7-1-3-8(6-19)4-2-7/h1-4H,5H2. The summed E-state index contributed by atoms with van der Waals surface area (Å²) in [7, 11) is 0. The first-order valence-electron chi connectivity index (χ1n) is 4.82. The number of hydrogen-bond donors (Lipinski definition) is 0. The van der Waals surface area contributed by atoms with Crippen molar-refractivity contribution in [1.29, 1.82) is 5.26 Å². The van der Waals surface area contributed by atoms with Crippen LogP contribution in [0.25, 0.3) is 0 Å². The number of rotatable bonds is 2. The van der Waals surface area contributed by atoms with Crippen molar-refractivity contribution in [2.24, 2.45) is 0 Å². The highest BCUT2D eigenvalue weighted by Crippen LogP contribution is 2.48. The van der Waals surface area contributed by atoms with Gasteiger partial charge in [-0.15, -0.1) is 0 Å². The van der Waals surface area contributed by atoms with E-state index in [4.69, 9.17) is 5.26 Å². The molecule has 0 heterocycles. The van der Waals surface area contributed by atoms with E-state index in [1.807, 2.05) is 0 Å². The van der Waals surface area contributed by atoms with Gasteiger partial charge in [-0.3, -0.25) is 0 Å². The smallest absolute Gasteiger partial charge is 0.223 e. The van der Waals surface area contributed by atoms with Crippen LogP contribution in [0.5, 0.6) is 0 Å². The maximum Gasteiger partial charge on any atom is 0.431 e. The number of nitrogens with zero attached hydrogens (tertiary/aromatic N) is 1. The lowest BCUT2D eigenvalue weighted by atomic mass is 9.94. The van der Waals surface area contributed by atoms with Crippen molar-refractivity contribution in [2.45, 2.75) is 24.4 Å². The van der Waals surface area contributed by atoms with Crippen LogP contribution in [0.4, 0.5) is 30.7 Å². The fourth-order valence-electron chi connectivity index (χ4n) is 1.34. The van der Waals surface area contributed by atoms with E-state index in [2.05, 4.69) is 0 Å². The van der Waals surface area contributed by atoms with Crippen LogP contribution in [-0.4, -0.2) is 18.0 Å². The lowest BCUT2D eigenvalue weighted by Crippen LogP contribution is -2.54. The monoisotopic (exact) mass is 285 g/mol. The van der Waals surface area contributed by atoms with Gasteiger partial charge in [-0.25, -0.2) is 4.39 Å². The maximum absolute atomic E-state index is 13.4. The van der Waals surface area contributed by atoms with Crippen molar-refractivity contribution in [1.82, 2.24) is 0 Å². The Morgan fingerprint density at radius 3 is 1.58 bits per heavy atom. The molecule has 19 heavy (non-hydrogen) atoms. The maximum atomic E-state index is 13.4. The summed E-state index contributed by atoms with van der Waals surface area (Å²) in [4.78, 5) is 0. The van der Waals surface area contributed by atoms with Crippen LogP contribution in [0.2, 0.25) is 0 Å². The average Bonchev–Trinajstić information content (AvgIpc) is 2.27. The molecule has 0 saturated carbocycles. The van der Waals surface area contributed by atoms with E-state index < -0.39 is 30.0 Å². The van der Waals surface area contributed by atoms with E-state index in [0.717, 1.165) is 24.3 Å². The Hall–Kier alpha value is -1.78. The van der Waals surface area contributed by atoms with Gasteiger partial charge in [-0.05, 0) is 17.7 Å². The van der Waals surface area contributed by atoms with Crippen LogP contribution < -0.4 is 0 Å². The molecule has 0 fully saturated rings. The number of halogens is 7. The summed E-state index contributed by atoms with van der Waals surface area (Å²) in [6, 6.07) is 5.38. The van der Waals surface area contributed by atoms with Gasteiger partial charge in [-0.1, -0.05) is 12.1 Å². The normalized spacial score (nSPS) is 13.2. The predicted molar refractivity (Wildman–Crippen MR) is 50.8 cm³/mol. The molecule has 0 aromatic heterocycles. The van der Waals surface area contributed by atoms with Crippen LogP contribution in [0.15, 0.2) is 24.3 Å². The average molecular weight is 285 g/mol. The van der Waals surface area contributed by atoms with Crippen LogP contribution in [0, 0.1) is 11.3 Å². The van der Waals surface area contributed by atoms with E-state index in [0.29, 0.717) is 0 Å². The summed E-state index contributed by atoms with van der Waals surface area (Å²) < 4.78 is 87.1. The molecule has 8 heteroatoms. The zero-order valence-electron chi connectivity index (χ0n) is 9.11. The molecule has 1 aromatic carbocycles. The van der Waals surface area contributed by atoms with E-state index in [1.165, 1.54) is 0 Å². The van der Waals surface area contributed by atoms with E-state index >= 15 is 0 Å². The quantitative estimate of drug-likeness (QED) is 0.755. The molecule has 0 N–H and O–H groups in total. The number of nitriles is 1. The van der Waals surface area contributed by atoms with Crippen LogP contribution in [-0.2, 0) is 6.42 Å². The molecule has 1 rings (SSSR count). The highest BCUT2D eigenvalue weighted by atomic mass is 19.4. The van der Waals surface area contributed by atoms with Gasteiger partial charge in [0.25, 0.3) is 0 Å². The van der Waals surface area contributed by atoms with E-state index in [-0.39, 0.29) is 5.56 Å². The van der Waals surface area contributed by atoms with E-state index in [1.54, 1.807) is 6.07 Å². The summed E-state index contributed by atoms with van der Waals surface area (Å²) in [6.07, 6.45) is -14.0. The molecule has 1 aromatic rings. The highest BCUT2D eigenvalue weighted by Gasteiger charge is 2.72. The summed E-state index contributed by atoms with van der Waals surface area (Å²) in [5.41, 5.74) is -5.77. The molecule has 0 bridgehead atoms. The SMILES string of the molecule is N#Cc1ccc(CC(F)(C(F)(F)F)C(F)(F)F)cc1. The summed E-state index contributed by atoms with van der Waals surface area (Å²) in [5, 5.41) is 8.44. The molecule has 0 radical (unpaired) electrons. The molecule has 0 spiro atoms. The van der Waals surface area contributed by atoms with Gasteiger partial charge in [0, 0.05) is 6.42 Å². The lowest BCUT2D eigenvalue weighted by Gasteiger charge is -2.30. The van der Waals surface area contributed by atoms with Gasteiger partial charge in [0.2, 0.25) is 0 Å². The molecular weight excluding hydrogens is 279 g/mol. The van der Waals surface area contributed by atoms with Gasteiger partial charge in [-0.2, -0.15) is 31.6 Å². The number of benzene rings is 1. The van der Waals surface area contributed by atoms with Crippen molar-refractivity contribution in [3.05, 3.63) is 35.4 Å². The van der Waals surface area contributed by atoms with Crippen LogP contribution >= 0.6 is 0 Å². The Bertz CT molecular complexity index is 464. The van der Waals surface area contributed by atoms with Crippen molar-refractivity contribution >= 4 is 0 Å². The number of alkyl halides is 7. The first kappa shape index (κ1) is 15.3. The molecule has 1 nitrogen and oxygen atoms in total. The lowest BCUT2D eigenvalue weighted by molar-refractivity contribution is -0.340. The summed E-state index contributed by atoms with van der Waals surface area (Å²) in [5.74, 6) is 0. The second-order valence-corrected chi connectivity index (χ2v) is 3.78. The second-order valence-electron chi connectivity index (χ2n) is 3.78.